The van der Waals surface area contributed by atoms with E-state index in [1.54, 1.807) is 0 Å². The van der Waals surface area contributed by atoms with Crippen LogP contribution in [0.5, 0.6) is 0 Å². The van der Waals surface area contributed by atoms with Crippen molar-refractivity contribution in [1.82, 2.24) is 0 Å². The first-order valence-corrected chi connectivity index (χ1v) is 14.8. The second-order valence-electron chi connectivity index (χ2n) is 11.2. The molecule has 196 valence electrons. The van der Waals surface area contributed by atoms with Crippen LogP contribution in [0, 0.1) is 11.7 Å². The van der Waals surface area contributed by atoms with Gasteiger partial charge >= 0.3 is 5.63 Å². The van der Waals surface area contributed by atoms with E-state index in [-0.39, 0.29) is 11.4 Å². The number of halogens is 1. The third kappa shape index (κ3) is 6.58. The molecule has 1 aliphatic carbocycles. The summed E-state index contributed by atoms with van der Waals surface area (Å²) in [5.41, 5.74) is 1.59. The summed E-state index contributed by atoms with van der Waals surface area (Å²) in [4.78, 5) is 12.9. The summed E-state index contributed by atoms with van der Waals surface area (Å²) in [5.74, 6) is 1.01. The minimum Gasteiger partial charge on any atom is -0.419 e. The summed E-state index contributed by atoms with van der Waals surface area (Å²) in [7, 11) is 0. The van der Waals surface area contributed by atoms with Gasteiger partial charge in [-0.25, -0.2) is 9.18 Å². The van der Waals surface area contributed by atoms with Gasteiger partial charge in [-0.2, -0.15) is 0 Å². The van der Waals surface area contributed by atoms with Crippen LogP contribution >= 0.6 is 0 Å². The molecule has 0 saturated heterocycles. The lowest BCUT2D eigenvalue weighted by molar-refractivity contribution is 0.304. The normalized spacial score (nSPS) is 18.3. The Morgan fingerprint density at radius 1 is 0.778 bits per heavy atom. The van der Waals surface area contributed by atoms with Gasteiger partial charge in [0.1, 0.15) is 0 Å². The van der Waals surface area contributed by atoms with Crippen molar-refractivity contribution in [3.05, 3.63) is 57.7 Å². The largest absolute Gasteiger partial charge is 0.419 e. The standard InChI is InChI=1S/C33H45FO2/c1-3-5-7-8-9-10-11-12-14-26-19-22-29-28-21-20-27(23-30(28)33(35)36-32(29)31(26)34)25-17-15-24(16-18-25)13-6-4-2/h19-25H,3-18H2,1-2H3. The van der Waals surface area contributed by atoms with Crippen molar-refractivity contribution in [1.29, 1.82) is 0 Å². The van der Waals surface area contributed by atoms with E-state index in [4.69, 9.17) is 4.42 Å². The Hall–Kier alpha value is -2.16. The highest BCUT2D eigenvalue weighted by molar-refractivity contribution is 6.04. The molecule has 1 fully saturated rings. The smallest absolute Gasteiger partial charge is 0.344 e. The van der Waals surface area contributed by atoms with E-state index >= 15 is 4.39 Å². The number of unbranched alkanes of at least 4 members (excludes halogenated alkanes) is 8. The van der Waals surface area contributed by atoms with Crippen LogP contribution in [0.4, 0.5) is 4.39 Å². The van der Waals surface area contributed by atoms with E-state index in [9.17, 15) is 4.79 Å². The fourth-order valence-electron chi connectivity index (χ4n) is 6.20. The Kier molecular flexibility index (Phi) is 10.0. The molecule has 0 spiro atoms. The molecule has 1 aromatic heterocycles. The Balaban J connectivity index is 1.44. The summed E-state index contributed by atoms with van der Waals surface area (Å²) in [5, 5.41) is 2.10. The van der Waals surface area contributed by atoms with Crippen LogP contribution in [0.15, 0.2) is 39.5 Å². The van der Waals surface area contributed by atoms with Crippen LogP contribution in [0.1, 0.15) is 127 Å². The van der Waals surface area contributed by atoms with Gasteiger partial charge in [-0.15, -0.1) is 0 Å². The Morgan fingerprint density at radius 3 is 2.17 bits per heavy atom. The fraction of sp³-hybridized carbons (Fsp3) is 0.606. The van der Waals surface area contributed by atoms with Crippen LogP contribution in [0.3, 0.4) is 0 Å². The van der Waals surface area contributed by atoms with Crippen molar-refractivity contribution >= 4 is 21.7 Å². The molecule has 0 bridgehead atoms. The second kappa shape index (κ2) is 13.4. The SMILES string of the molecule is CCCCCCCCCCc1ccc2c(oc(=O)c3cc(C4CCC(CCCC)CC4)ccc32)c1F. The van der Waals surface area contributed by atoms with Gasteiger partial charge in [-0.3, -0.25) is 0 Å². The van der Waals surface area contributed by atoms with Gasteiger partial charge in [-0.05, 0) is 67.6 Å². The van der Waals surface area contributed by atoms with Crippen molar-refractivity contribution in [3.8, 4) is 0 Å². The van der Waals surface area contributed by atoms with E-state index in [0.29, 0.717) is 28.7 Å². The highest BCUT2D eigenvalue weighted by Crippen LogP contribution is 2.39. The topological polar surface area (TPSA) is 30.2 Å². The van der Waals surface area contributed by atoms with Crippen molar-refractivity contribution in [2.24, 2.45) is 5.92 Å². The maximum atomic E-state index is 15.4. The lowest BCUT2D eigenvalue weighted by atomic mass is 9.77. The molecule has 36 heavy (non-hydrogen) atoms. The zero-order chi connectivity index (χ0) is 25.3. The molecule has 2 aromatic carbocycles. The molecule has 0 unspecified atom stereocenters. The van der Waals surface area contributed by atoms with Crippen LogP contribution in [-0.4, -0.2) is 0 Å². The van der Waals surface area contributed by atoms with Crippen molar-refractivity contribution < 1.29 is 8.81 Å². The molecule has 0 amide bonds. The highest BCUT2D eigenvalue weighted by atomic mass is 19.1. The van der Waals surface area contributed by atoms with E-state index in [1.165, 1.54) is 89.0 Å². The fourth-order valence-corrected chi connectivity index (χ4v) is 6.20. The molecular formula is C33H45FO2. The molecule has 1 heterocycles. The number of benzene rings is 2. The third-order valence-electron chi connectivity index (χ3n) is 8.51. The molecule has 3 aromatic rings. The van der Waals surface area contributed by atoms with Gasteiger partial charge in [0, 0.05) is 10.8 Å². The maximum absolute atomic E-state index is 15.4. The monoisotopic (exact) mass is 492 g/mol. The maximum Gasteiger partial charge on any atom is 0.344 e. The molecule has 1 aliphatic rings. The zero-order valence-corrected chi connectivity index (χ0v) is 22.5. The molecule has 0 radical (unpaired) electrons. The van der Waals surface area contributed by atoms with E-state index in [1.807, 2.05) is 24.3 Å². The quantitative estimate of drug-likeness (QED) is 0.135. The van der Waals surface area contributed by atoms with Crippen molar-refractivity contribution in [2.45, 2.75) is 122 Å². The van der Waals surface area contributed by atoms with Crippen LogP contribution in [0.2, 0.25) is 0 Å². The first-order valence-electron chi connectivity index (χ1n) is 14.8. The summed E-state index contributed by atoms with van der Waals surface area (Å²) >= 11 is 0. The number of aryl methyl sites for hydroxylation is 1. The number of rotatable bonds is 13. The molecule has 4 rings (SSSR count). The Labute approximate surface area is 216 Å². The van der Waals surface area contributed by atoms with Crippen LogP contribution in [-0.2, 0) is 6.42 Å². The summed E-state index contributed by atoms with van der Waals surface area (Å²) in [6, 6.07) is 10.0. The number of hydrogen-bond donors (Lipinski definition) is 0. The minimum atomic E-state index is -0.417. The lowest BCUT2D eigenvalue weighted by Gasteiger charge is -2.29. The summed E-state index contributed by atoms with van der Waals surface area (Å²) in [6.45, 7) is 4.50. The minimum absolute atomic E-state index is 0.119. The van der Waals surface area contributed by atoms with Crippen LogP contribution < -0.4 is 5.63 Å². The zero-order valence-electron chi connectivity index (χ0n) is 22.5. The Bertz CT molecular complexity index is 1170. The molecule has 1 saturated carbocycles. The average molecular weight is 493 g/mol. The second-order valence-corrected chi connectivity index (χ2v) is 11.2. The predicted octanol–water partition coefficient (Wildman–Crippen LogP) is 10.2. The first kappa shape index (κ1) is 26.9. The lowest BCUT2D eigenvalue weighted by Crippen LogP contribution is -2.13. The first-order chi connectivity index (χ1) is 17.6. The number of fused-ring (bicyclic) bond motifs is 3. The molecular weight excluding hydrogens is 447 g/mol. The average Bonchev–Trinajstić information content (AvgIpc) is 2.90. The molecule has 0 N–H and O–H groups in total. The summed E-state index contributed by atoms with van der Waals surface area (Å²) in [6.07, 6.45) is 19.4. The highest BCUT2D eigenvalue weighted by Gasteiger charge is 2.23. The van der Waals surface area contributed by atoms with Gasteiger partial charge in [-0.1, -0.05) is 102 Å². The van der Waals surface area contributed by atoms with Gasteiger partial charge < -0.3 is 4.42 Å². The van der Waals surface area contributed by atoms with E-state index in [2.05, 4.69) is 19.9 Å². The predicted molar refractivity (Wildman–Crippen MR) is 150 cm³/mol. The van der Waals surface area contributed by atoms with E-state index in [0.717, 1.165) is 24.1 Å². The Morgan fingerprint density at radius 2 is 1.44 bits per heavy atom. The molecule has 3 heteroatoms. The van der Waals surface area contributed by atoms with Crippen molar-refractivity contribution in [3.63, 3.8) is 0 Å². The van der Waals surface area contributed by atoms with Gasteiger partial charge in [0.25, 0.3) is 0 Å². The molecule has 0 atom stereocenters. The van der Waals surface area contributed by atoms with Gasteiger partial charge in [0.2, 0.25) is 0 Å². The van der Waals surface area contributed by atoms with E-state index < -0.39 is 5.63 Å². The van der Waals surface area contributed by atoms with Crippen LogP contribution in [0.25, 0.3) is 21.7 Å². The summed E-state index contributed by atoms with van der Waals surface area (Å²) < 4.78 is 21.0. The number of hydrogen-bond acceptors (Lipinski definition) is 2. The third-order valence-corrected chi connectivity index (χ3v) is 8.51. The molecule has 0 aliphatic heterocycles. The van der Waals surface area contributed by atoms with Gasteiger partial charge in [0.05, 0.1) is 5.39 Å². The van der Waals surface area contributed by atoms with Crippen molar-refractivity contribution in [2.75, 3.05) is 0 Å². The molecule has 2 nitrogen and oxygen atoms in total. The van der Waals surface area contributed by atoms with Gasteiger partial charge in [0.15, 0.2) is 11.4 Å².